The van der Waals surface area contributed by atoms with Gasteiger partial charge in [-0.2, -0.15) is 0 Å². The van der Waals surface area contributed by atoms with E-state index in [4.69, 9.17) is 22.3 Å². The Morgan fingerprint density at radius 2 is 1.97 bits per heavy atom. The van der Waals surface area contributed by atoms with Crippen molar-refractivity contribution in [1.82, 2.24) is 14.3 Å². The first-order valence-electron chi connectivity index (χ1n) is 10.9. The predicted molar refractivity (Wildman–Crippen MR) is 126 cm³/mol. The Morgan fingerprint density at radius 1 is 1.22 bits per heavy atom. The summed E-state index contributed by atoms with van der Waals surface area (Å²) in [6.45, 7) is 3.77. The lowest BCUT2D eigenvalue weighted by Crippen LogP contribution is -2.44. The number of piperidine rings is 1. The van der Waals surface area contributed by atoms with Crippen LogP contribution in [0.2, 0.25) is 5.02 Å². The smallest absolute Gasteiger partial charge is 0.255 e. The van der Waals surface area contributed by atoms with Gasteiger partial charge in [0.2, 0.25) is 5.91 Å². The molecule has 1 aliphatic heterocycles. The number of amides is 2. The third-order valence-electron chi connectivity index (χ3n) is 6.05. The molecule has 2 amide bonds. The molecule has 1 fully saturated rings. The number of aromatic nitrogens is 2. The summed E-state index contributed by atoms with van der Waals surface area (Å²) in [6.07, 6.45) is 4.14. The molecule has 0 radical (unpaired) electrons. The zero-order valence-electron chi connectivity index (χ0n) is 18.4. The van der Waals surface area contributed by atoms with Crippen LogP contribution in [0.3, 0.4) is 0 Å². The van der Waals surface area contributed by atoms with Gasteiger partial charge >= 0.3 is 0 Å². The van der Waals surface area contributed by atoms with Gasteiger partial charge in [-0.3, -0.25) is 14.0 Å². The molecule has 7 nitrogen and oxygen atoms in total. The maximum atomic E-state index is 13.2. The number of aryl methyl sites for hydroxylation is 1. The van der Waals surface area contributed by atoms with E-state index in [2.05, 4.69) is 11.8 Å². The van der Waals surface area contributed by atoms with E-state index in [1.54, 1.807) is 11.0 Å². The van der Waals surface area contributed by atoms with Gasteiger partial charge in [0, 0.05) is 37.9 Å². The number of likely N-dealkylation sites (tertiary alicyclic amines) is 1. The highest BCUT2D eigenvalue weighted by Crippen LogP contribution is 2.26. The lowest BCUT2D eigenvalue weighted by Gasteiger charge is -2.31. The number of primary amides is 1. The van der Waals surface area contributed by atoms with Crippen LogP contribution in [0.5, 0.6) is 0 Å². The van der Waals surface area contributed by atoms with E-state index in [1.165, 1.54) is 0 Å². The van der Waals surface area contributed by atoms with Gasteiger partial charge in [-0.1, -0.05) is 30.7 Å². The van der Waals surface area contributed by atoms with Gasteiger partial charge in [0.15, 0.2) is 0 Å². The van der Waals surface area contributed by atoms with Gasteiger partial charge in [0.25, 0.3) is 5.91 Å². The number of hydrogen-bond acceptors (Lipinski definition) is 4. The van der Waals surface area contributed by atoms with Gasteiger partial charge in [-0.15, -0.1) is 0 Å². The summed E-state index contributed by atoms with van der Waals surface area (Å²) in [6, 6.07) is 11.5. The molecule has 1 unspecified atom stereocenters. The standard InChI is InChI=1S/C24H28ClN5O2/c1-3-20-23(28(2)13-16-6-9-19(25)10-7-16)30-15-18(8-11-21(30)27-20)24(32)29-12-4-5-17(14-29)22(26)31/h6-11,15,17H,3-5,12-14H2,1-2H3,(H2,26,31). The zero-order valence-corrected chi connectivity index (χ0v) is 19.2. The van der Waals surface area contributed by atoms with Crippen LogP contribution in [0.4, 0.5) is 5.82 Å². The number of halogens is 1. The summed E-state index contributed by atoms with van der Waals surface area (Å²) in [5.74, 6) is 0.250. The second-order valence-corrected chi connectivity index (χ2v) is 8.79. The van der Waals surface area contributed by atoms with Crippen LogP contribution < -0.4 is 10.6 Å². The minimum absolute atomic E-state index is 0.0871. The Kier molecular flexibility index (Phi) is 6.37. The normalized spacial score (nSPS) is 16.3. The summed E-state index contributed by atoms with van der Waals surface area (Å²) in [5.41, 5.74) is 8.95. The number of pyridine rings is 1. The van der Waals surface area contributed by atoms with Crippen LogP contribution >= 0.6 is 11.6 Å². The lowest BCUT2D eigenvalue weighted by atomic mass is 9.97. The summed E-state index contributed by atoms with van der Waals surface area (Å²) >= 11 is 6.02. The number of rotatable bonds is 6. The molecule has 1 aromatic carbocycles. The SMILES string of the molecule is CCc1nc2ccc(C(=O)N3CCCC(C(N)=O)C3)cn2c1N(C)Cc1ccc(Cl)cc1. The number of carbonyl (C=O) groups is 2. The van der Waals surface area contributed by atoms with Crippen molar-refractivity contribution in [3.8, 4) is 0 Å². The fourth-order valence-corrected chi connectivity index (χ4v) is 4.49. The number of fused-ring (bicyclic) bond motifs is 1. The zero-order chi connectivity index (χ0) is 22.8. The van der Waals surface area contributed by atoms with E-state index >= 15 is 0 Å². The Hall–Kier alpha value is -3.06. The maximum Gasteiger partial charge on any atom is 0.255 e. The number of carbonyl (C=O) groups excluding carboxylic acids is 2. The van der Waals surface area contributed by atoms with Crippen LogP contribution in [0.25, 0.3) is 5.65 Å². The largest absolute Gasteiger partial charge is 0.369 e. The molecule has 0 bridgehead atoms. The summed E-state index contributed by atoms with van der Waals surface area (Å²) in [4.78, 5) is 33.5. The number of imidazole rings is 1. The molecule has 8 heteroatoms. The van der Waals surface area contributed by atoms with Crippen molar-refractivity contribution in [3.05, 3.63) is 64.4 Å². The molecular formula is C24H28ClN5O2. The maximum absolute atomic E-state index is 13.2. The van der Waals surface area contributed by atoms with E-state index < -0.39 is 0 Å². The molecule has 0 saturated carbocycles. The van der Waals surface area contributed by atoms with Gasteiger partial charge in [-0.25, -0.2) is 4.98 Å². The summed E-state index contributed by atoms with van der Waals surface area (Å²) < 4.78 is 1.98. The van der Waals surface area contributed by atoms with Crippen LogP contribution in [-0.4, -0.2) is 46.2 Å². The van der Waals surface area contributed by atoms with Crippen LogP contribution in [0.1, 0.15) is 41.4 Å². The molecule has 1 saturated heterocycles. The first-order valence-corrected chi connectivity index (χ1v) is 11.3. The predicted octanol–water partition coefficient (Wildman–Crippen LogP) is 3.52. The van der Waals surface area contributed by atoms with Gasteiger partial charge in [-0.05, 0) is 49.1 Å². The summed E-state index contributed by atoms with van der Waals surface area (Å²) in [7, 11) is 2.02. The topological polar surface area (TPSA) is 83.9 Å². The van der Waals surface area contributed by atoms with Crippen molar-refractivity contribution in [2.45, 2.75) is 32.7 Å². The molecule has 3 heterocycles. The molecule has 168 valence electrons. The fourth-order valence-electron chi connectivity index (χ4n) is 4.36. The second kappa shape index (κ2) is 9.20. The van der Waals surface area contributed by atoms with E-state index in [-0.39, 0.29) is 17.7 Å². The average molecular weight is 454 g/mol. The van der Waals surface area contributed by atoms with E-state index in [0.29, 0.717) is 30.2 Å². The molecule has 0 spiro atoms. The Labute approximate surface area is 192 Å². The number of anilines is 1. The molecule has 32 heavy (non-hydrogen) atoms. The summed E-state index contributed by atoms with van der Waals surface area (Å²) in [5, 5.41) is 0.708. The third kappa shape index (κ3) is 4.43. The van der Waals surface area contributed by atoms with Crippen LogP contribution in [0, 0.1) is 5.92 Å². The molecule has 0 aliphatic carbocycles. The Bertz CT molecular complexity index is 1140. The number of hydrogen-bond donors (Lipinski definition) is 1. The highest BCUT2D eigenvalue weighted by Gasteiger charge is 2.28. The van der Waals surface area contributed by atoms with Crippen molar-refractivity contribution in [2.75, 3.05) is 25.0 Å². The van der Waals surface area contributed by atoms with Gasteiger partial charge in [0.05, 0.1) is 17.2 Å². The lowest BCUT2D eigenvalue weighted by molar-refractivity contribution is -0.123. The molecule has 1 aliphatic rings. The Balaban J connectivity index is 1.65. The highest BCUT2D eigenvalue weighted by atomic mass is 35.5. The molecule has 4 rings (SSSR count). The molecule has 1 atom stereocenters. The van der Waals surface area contributed by atoms with Crippen molar-refractivity contribution >= 4 is 34.9 Å². The molecule has 2 aromatic heterocycles. The fraction of sp³-hybridized carbons (Fsp3) is 0.375. The molecular weight excluding hydrogens is 426 g/mol. The quantitative estimate of drug-likeness (QED) is 0.618. The molecule has 2 N–H and O–H groups in total. The second-order valence-electron chi connectivity index (χ2n) is 8.36. The van der Waals surface area contributed by atoms with Crippen molar-refractivity contribution < 1.29 is 9.59 Å². The van der Waals surface area contributed by atoms with Crippen molar-refractivity contribution in [3.63, 3.8) is 0 Å². The van der Waals surface area contributed by atoms with Crippen molar-refractivity contribution in [2.24, 2.45) is 11.7 Å². The van der Waals surface area contributed by atoms with Gasteiger partial charge < -0.3 is 15.5 Å². The number of nitrogens with zero attached hydrogens (tertiary/aromatic N) is 4. The van der Waals surface area contributed by atoms with E-state index in [9.17, 15) is 9.59 Å². The van der Waals surface area contributed by atoms with Crippen LogP contribution in [-0.2, 0) is 17.8 Å². The van der Waals surface area contributed by atoms with Crippen LogP contribution in [0.15, 0.2) is 42.6 Å². The average Bonchev–Trinajstić information content (AvgIpc) is 3.18. The van der Waals surface area contributed by atoms with Gasteiger partial charge in [0.1, 0.15) is 11.5 Å². The minimum atomic E-state index is -0.341. The Morgan fingerprint density at radius 3 is 2.66 bits per heavy atom. The number of benzene rings is 1. The third-order valence-corrected chi connectivity index (χ3v) is 6.30. The number of nitrogens with two attached hydrogens (primary N) is 1. The van der Waals surface area contributed by atoms with E-state index in [0.717, 1.165) is 42.0 Å². The first kappa shape index (κ1) is 22.1. The minimum Gasteiger partial charge on any atom is -0.369 e. The first-order chi connectivity index (χ1) is 15.4. The van der Waals surface area contributed by atoms with Crippen molar-refractivity contribution in [1.29, 1.82) is 0 Å². The molecule has 3 aromatic rings. The highest BCUT2D eigenvalue weighted by molar-refractivity contribution is 6.30. The van der Waals surface area contributed by atoms with E-state index in [1.807, 2.05) is 48.0 Å². The monoisotopic (exact) mass is 453 g/mol.